The standard InChI is InChI=1S/C27H34F4N4O2/c1-17-16-35(11-10-34(17)2)25-22(28)12-19(9-8-18-6-4-3-5-7-18)13-23(25)33-26(37)20-15-32-24(36)14-21(20)27(29,30)31/h9,13-15,17-18H,3-8,10-12,16H2,1-2H3,(H,32,36)(H,33,37)/t17-/m0/s1. The predicted octanol–water partition coefficient (Wildman–Crippen LogP) is 5.12. The second-order valence-corrected chi connectivity index (χ2v) is 10.4. The monoisotopic (exact) mass is 522 g/mol. The number of pyridine rings is 1. The van der Waals surface area contributed by atoms with Crippen LogP contribution in [-0.2, 0) is 6.18 Å². The number of aromatic nitrogens is 1. The lowest BCUT2D eigenvalue weighted by Gasteiger charge is -2.41. The van der Waals surface area contributed by atoms with Crippen LogP contribution in [0, 0.1) is 5.92 Å². The first-order chi connectivity index (χ1) is 17.5. The highest BCUT2D eigenvalue weighted by Gasteiger charge is 2.37. The lowest BCUT2D eigenvalue weighted by Crippen LogP contribution is -2.50. The van der Waals surface area contributed by atoms with E-state index in [2.05, 4.69) is 15.2 Å². The molecule has 1 saturated carbocycles. The van der Waals surface area contributed by atoms with Crippen LogP contribution in [0.25, 0.3) is 0 Å². The van der Waals surface area contributed by atoms with Gasteiger partial charge in [-0.15, -0.1) is 0 Å². The van der Waals surface area contributed by atoms with Crippen molar-refractivity contribution >= 4 is 5.91 Å². The number of nitrogens with one attached hydrogen (secondary N) is 2. The Balaban J connectivity index is 1.65. The summed E-state index contributed by atoms with van der Waals surface area (Å²) < 4.78 is 56.4. The zero-order valence-electron chi connectivity index (χ0n) is 21.3. The molecule has 1 aromatic rings. The van der Waals surface area contributed by atoms with E-state index in [0.717, 1.165) is 25.5 Å². The average Bonchev–Trinajstić information content (AvgIpc) is 2.84. The van der Waals surface area contributed by atoms with Crippen molar-refractivity contribution in [2.24, 2.45) is 5.92 Å². The molecule has 1 aliphatic heterocycles. The molecule has 10 heteroatoms. The Morgan fingerprint density at radius 3 is 2.62 bits per heavy atom. The summed E-state index contributed by atoms with van der Waals surface area (Å²) in [6, 6.07) is 0.490. The highest BCUT2D eigenvalue weighted by molar-refractivity contribution is 5.97. The molecular weight excluding hydrogens is 488 g/mol. The summed E-state index contributed by atoms with van der Waals surface area (Å²) in [5, 5.41) is 2.55. The van der Waals surface area contributed by atoms with E-state index in [0.29, 0.717) is 37.2 Å². The minimum atomic E-state index is -4.90. The van der Waals surface area contributed by atoms with Gasteiger partial charge in [-0.05, 0) is 38.0 Å². The van der Waals surface area contributed by atoms with Crippen molar-refractivity contribution in [3.8, 4) is 0 Å². The molecule has 2 heterocycles. The number of rotatable bonds is 5. The molecule has 0 spiro atoms. The molecule has 0 unspecified atom stereocenters. The summed E-state index contributed by atoms with van der Waals surface area (Å²) in [6.45, 7) is 3.73. The van der Waals surface area contributed by atoms with E-state index in [1.54, 1.807) is 6.08 Å². The van der Waals surface area contributed by atoms with Gasteiger partial charge in [-0.2, -0.15) is 13.2 Å². The van der Waals surface area contributed by atoms with E-state index in [-0.39, 0.29) is 23.9 Å². The summed E-state index contributed by atoms with van der Waals surface area (Å²) in [6.07, 6.45) is 6.28. The number of H-pyrrole nitrogens is 1. The number of halogens is 4. The Morgan fingerprint density at radius 2 is 1.95 bits per heavy atom. The molecular formula is C27H34F4N4O2. The van der Waals surface area contributed by atoms with Crippen LogP contribution in [0.1, 0.15) is 67.8 Å². The van der Waals surface area contributed by atoms with Crippen LogP contribution in [0.5, 0.6) is 0 Å². The maximum absolute atomic E-state index is 15.7. The predicted molar refractivity (Wildman–Crippen MR) is 133 cm³/mol. The fraction of sp³-hybridized carbons (Fsp3) is 0.556. The summed E-state index contributed by atoms with van der Waals surface area (Å²) >= 11 is 0. The molecule has 1 atom stereocenters. The van der Waals surface area contributed by atoms with E-state index >= 15 is 4.39 Å². The number of carbonyl (C=O) groups excluding carboxylic acids is 1. The Morgan fingerprint density at radius 1 is 1.22 bits per heavy atom. The van der Waals surface area contributed by atoms with Crippen LogP contribution in [0.4, 0.5) is 17.6 Å². The number of carbonyl (C=O) groups is 1. The third kappa shape index (κ3) is 6.52. The Labute approximate surface area is 214 Å². The first kappa shape index (κ1) is 27.2. The fourth-order valence-electron chi connectivity index (χ4n) is 5.36. The maximum Gasteiger partial charge on any atom is 0.417 e. The van der Waals surface area contributed by atoms with Crippen LogP contribution < -0.4 is 10.9 Å². The van der Waals surface area contributed by atoms with Crippen LogP contribution in [-0.4, -0.2) is 53.4 Å². The number of aromatic amines is 1. The van der Waals surface area contributed by atoms with Crippen molar-refractivity contribution in [2.45, 2.75) is 64.1 Å². The summed E-state index contributed by atoms with van der Waals surface area (Å²) in [5.41, 5.74) is -1.98. The molecule has 0 radical (unpaired) electrons. The van der Waals surface area contributed by atoms with Crippen LogP contribution in [0.3, 0.4) is 0 Å². The molecule has 202 valence electrons. The van der Waals surface area contributed by atoms with Crippen molar-refractivity contribution in [1.82, 2.24) is 20.1 Å². The van der Waals surface area contributed by atoms with E-state index in [1.165, 1.54) is 19.3 Å². The van der Waals surface area contributed by atoms with Crippen LogP contribution in [0.2, 0.25) is 0 Å². The smallest absolute Gasteiger partial charge is 0.365 e. The SMILES string of the molecule is C[C@H]1CN(C2=C(F)CC(=CCC3CCCCC3)C=C2NC(=O)c2c[nH]c(=O)cc2C(F)(F)F)CCN1C. The Kier molecular flexibility index (Phi) is 8.26. The molecule has 3 aliphatic rings. The van der Waals surface area contributed by atoms with Crippen molar-refractivity contribution in [2.75, 3.05) is 26.7 Å². The number of likely N-dealkylation sites (N-methyl/N-ethyl adjacent to an activating group) is 1. The molecule has 4 rings (SSSR count). The molecule has 2 N–H and O–H groups in total. The largest absolute Gasteiger partial charge is 0.417 e. The minimum absolute atomic E-state index is 0.0780. The second kappa shape index (κ2) is 11.2. The summed E-state index contributed by atoms with van der Waals surface area (Å²) in [7, 11) is 1.98. The number of allylic oxidation sites excluding steroid dienone is 4. The molecule has 37 heavy (non-hydrogen) atoms. The maximum atomic E-state index is 15.7. The van der Waals surface area contributed by atoms with E-state index in [4.69, 9.17) is 0 Å². The number of nitrogens with zero attached hydrogens (tertiary/aromatic N) is 2. The van der Waals surface area contributed by atoms with Crippen molar-refractivity contribution in [1.29, 1.82) is 0 Å². The molecule has 0 aromatic carbocycles. The topological polar surface area (TPSA) is 68.4 Å². The molecule has 0 bridgehead atoms. The van der Waals surface area contributed by atoms with E-state index in [1.807, 2.05) is 24.9 Å². The van der Waals surface area contributed by atoms with Gasteiger partial charge >= 0.3 is 6.18 Å². The van der Waals surface area contributed by atoms with Gasteiger partial charge in [0.15, 0.2) is 0 Å². The van der Waals surface area contributed by atoms with E-state index < -0.39 is 34.6 Å². The van der Waals surface area contributed by atoms with E-state index in [9.17, 15) is 22.8 Å². The van der Waals surface area contributed by atoms with Crippen LogP contribution >= 0.6 is 0 Å². The highest BCUT2D eigenvalue weighted by Crippen LogP contribution is 2.35. The third-order valence-corrected chi connectivity index (χ3v) is 7.64. The third-order valence-electron chi connectivity index (χ3n) is 7.64. The number of piperazine rings is 1. The van der Waals surface area contributed by atoms with Gasteiger partial charge in [0.2, 0.25) is 5.56 Å². The molecule has 2 fully saturated rings. The lowest BCUT2D eigenvalue weighted by atomic mass is 9.86. The van der Waals surface area contributed by atoms with Gasteiger partial charge in [0, 0.05) is 44.4 Å². The Hall–Kier alpha value is -2.88. The molecule has 1 amide bonds. The molecule has 1 aromatic heterocycles. The van der Waals surface area contributed by atoms with Gasteiger partial charge in [-0.3, -0.25) is 9.59 Å². The molecule has 1 saturated heterocycles. The quantitative estimate of drug-likeness (QED) is 0.527. The van der Waals surface area contributed by atoms with Gasteiger partial charge in [-0.25, -0.2) is 4.39 Å². The first-order valence-corrected chi connectivity index (χ1v) is 12.9. The first-order valence-electron chi connectivity index (χ1n) is 12.9. The second-order valence-electron chi connectivity index (χ2n) is 10.4. The van der Waals surface area contributed by atoms with Gasteiger partial charge in [0.05, 0.1) is 22.5 Å². The molecule has 2 aliphatic carbocycles. The number of amides is 1. The van der Waals surface area contributed by atoms with Crippen LogP contribution in [0.15, 0.2) is 52.0 Å². The fourth-order valence-corrected chi connectivity index (χ4v) is 5.36. The van der Waals surface area contributed by atoms with Gasteiger partial charge < -0.3 is 20.1 Å². The lowest BCUT2D eigenvalue weighted by molar-refractivity contribution is -0.138. The Bertz CT molecular complexity index is 1160. The zero-order valence-corrected chi connectivity index (χ0v) is 21.3. The summed E-state index contributed by atoms with van der Waals surface area (Å²) in [5.74, 6) is -0.937. The summed E-state index contributed by atoms with van der Waals surface area (Å²) in [4.78, 5) is 30.8. The average molecular weight is 523 g/mol. The van der Waals surface area contributed by atoms with Crippen molar-refractivity contribution < 1.29 is 22.4 Å². The number of hydrogen-bond donors (Lipinski definition) is 2. The van der Waals surface area contributed by atoms with Crippen molar-refractivity contribution in [3.63, 3.8) is 0 Å². The number of alkyl halides is 3. The normalized spacial score (nSPS) is 23.4. The molecule has 6 nitrogen and oxygen atoms in total. The van der Waals surface area contributed by atoms with Gasteiger partial charge in [-0.1, -0.05) is 38.2 Å². The van der Waals surface area contributed by atoms with Gasteiger partial charge in [0.1, 0.15) is 5.83 Å². The van der Waals surface area contributed by atoms with Crippen molar-refractivity contribution in [3.05, 3.63) is 68.7 Å². The highest BCUT2D eigenvalue weighted by atomic mass is 19.4. The minimum Gasteiger partial charge on any atom is -0.365 e. The zero-order chi connectivity index (χ0) is 26.7. The van der Waals surface area contributed by atoms with Gasteiger partial charge in [0.25, 0.3) is 5.91 Å². The number of hydrogen-bond acceptors (Lipinski definition) is 4.